The summed E-state index contributed by atoms with van der Waals surface area (Å²) >= 11 is 0. The molecule has 0 spiro atoms. The normalized spacial score (nSPS) is 22.0. The van der Waals surface area contributed by atoms with E-state index in [0.717, 1.165) is 19.4 Å². The van der Waals surface area contributed by atoms with Gasteiger partial charge in [0.25, 0.3) is 0 Å². The molecule has 0 aromatic heterocycles. The van der Waals surface area contributed by atoms with Crippen molar-refractivity contribution in [3.05, 3.63) is 30.1 Å². The van der Waals surface area contributed by atoms with Gasteiger partial charge in [0.1, 0.15) is 5.82 Å². The number of benzene rings is 1. The highest BCUT2D eigenvalue weighted by molar-refractivity contribution is 5.67. The van der Waals surface area contributed by atoms with Crippen molar-refractivity contribution in [1.82, 2.24) is 5.32 Å². The number of hydrogen-bond acceptors (Lipinski definition) is 3. The van der Waals surface area contributed by atoms with E-state index in [1.54, 1.807) is 19.1 Å². The van der Waals surface area contributed by atoms with Crippen molar-refractivity contribution in [2.45, 2.75) is 32.7 Å². The van der Waals surface area contributed by atoms with Crippen molar-refractivity contribution in [2.75, 3.05) is 24.6 Å². The van der Waals surface area contributed by atoms with Crippen LogP contribution in [0.3, 0.4) is 0 Å². The van der Waals surface area contributed by atoms with E-state index in [2.05, 4.69) is 12.2 Å². The van der Waals surface area contributed by atoms with Crippen LogP contribution < -0.4 is 10.2 Å². The van der Waals surface area contributed by atoms with Crippen LogP contribution in [0.5, 0.6) is 0 Å². The summed E-state index contributed by atoms with van der Waals surface area (Å²) in [5, 5.41) is 2.88. The Bertz CT molecular complexity index is 481. The van der Waals surface area contributed by atoms with Crippen LogP contribution in [-0.4, -0.2) is 31.8 Å². The third-order valence-corrected chi connectivity index (χ3v) is 3.91. The van der Waals surface area contributed by atoms with E-state index in [0.29, 0.717) is 24.8 Å². The Morgan fingerprint density at radius 3 is 2.81 bits per heavy atom. The molecule has 1 N–H and O–H groups in total. The molecule has 4 nitrogen and oxygen atoms in total. The molecule has 1 heterocycles. The summed E-state index contributed by atoms with van der Waals surface area (Å²) in [6.45, 7) is 5.68. The summed E-state index contributed by atoms with van der Waals surface area (Å²) in [6.07, 6.45) is 1.51. The molecule has 1 aliphatic rings. The second kappa shape index (κ2) is 7.29. The van der Waals surface area contributed by atoms with Crippen molar-refractivity contribution in [3.63, 3.8) is 0 Å². The molecule has 1 amide bonds. The third kappa shape index (κ3) is 4.09. The monoisotopic (exact) mass is 294 g/mol. The third-order valence-electron chi connectivity index (χ3n) is 3.91. The number of carbonyl (C=O) groups excluding carboxylic acids is 1. The van der Waals surface area contributed by atoms with Gasteiger partial charge in [-0.25, -0.2) is 9.18 Å². The molecule has 1 aromatic rings. The molecule has 21 heavy (non-hydrogen) atoms. The fourth-order valence-corrected chi connectivity index (χ4v) is 2.85. The first kappa shape index (κ1) is 15.6. The summed E-state index contributed by atoms with van der Waals surface area (Å²) < 4.78 is 18.9. The molecule has 0 aliphatic carbocycles. The number of ether oxygens (including phenoxy) is 1. The van der Waals surface area contributed by atoms with Crippen molar-refractivity contribution < 1.29 is 13.9 Å². The Balaban J connectivity index is 2.08. The maximum absolute atomic E-state index is 14.0. The predicted octanol–water partition coefficient (Wildman–Crippen LogP) is 3.18. The standard InChI is InChI=1S/C16H23FN2O2/c1-3-12-9-13(18-16(20)21-4-2)11-19(10-12)15-8-6-5-7-14(15)17/h5-8,12-13H,3-4,9-11H2,1-2H3,(H,18,20). The minimum atomic E-state index is -0.396. The van der Waals surface area contributed by atoms with Gasteiger partial charge < -0.3 is 15.0 Å². The van der Waals surface area contributed by atoms with Gasteiger partial charge in [0, 0.05) is 13.1 Å². The van der Waals surface area contributed by atoms with Gasteiger partial charge >= 0.3 is 6.09 Å². The van der Waals surface area contributed by atoms with Gasteiger partial charge in [-0.05, 0) is 31.4 Å². The minimum absolute atomic E-state index is 0.0117. The first-order valence-electron chi connectivity index (χ1n) is 7.56. The smallest absolute Gasteiger partial charge is 0.407 e. The Morgan fingerprint density at radius 2 is 2.14 bits per heavy atom. The largest absolute Gasteiger partial charge is 0.450 e. The van der Waals surface area contributed by atoms with Gasteiger partial charge in [-0.15, -0.1) is 0 Å². The Kier molecular flexibility index (Phi) is 5.42. The highest BCUT2D eigenvalue weighted by Gasteiger charge is 2.28. The number of para-hydroxylation sites is 1. The molecule has 2 unspecified atom stereocenters. The zero-order valence-electron chi connectivity index (χ0n) is 12.6. The SMILES string of the molecule is CCOC(=O)NC1CC(CC)CN(c2ccccc2F)C1. The molecule has 2 rings (SSSR count). The number of hydrogen-bond donors (Lipinski definition) is 1. The first-order valence-corrected chi connectivity index (χ1v) is 7.56. The van der Waals surface area contributed by atoms with Crippen LogP contribution in [-0.2, 0) is 4.74 Å². The molecular formula is C16H23FN2O2. The quantitative estimate of drug-likeness (QED) is 0.927. The average Bonchev–Trinajstić information content (AvgIpc) is 2.47. The number of anilines is 1. The van der Waals surface area contributed by atoms with E-state index < -0.39 is 6.09 Å². The minimum Gasteiger partial charge on any atom is -0.450 e. The highest BCUT2D eigenvalue weighted by atomic mass is 19.1. The van der Waals surface area contributed by atoms with Gasteiger partial charge in [0.15, 0.2) is 0 Å². The lowest BCUT2D eigenvalue weighted by atomic mass is 9.91. The Morgan fingerprint density at radius 1 is 1.38 bits per heavy atom. The lowest BCUT2D eigenvalue weighted by Gasteiger charge is -2.39. The second-order valence-corrected chi connectivity index (χ2v) is 5.43. The van der Waals surface area contributed by atoms with Gasteiger partial charge in [-0.1, -0.05) is 25.5 Å². The summed E-state index contributed by atoms with van der Waals surface area (Å²) in [4.78, 5) is 13.6. The fraction of sp³-hybridized carbons (Fsp3) is 0.562. The molecule has 1 aliphatic heterocycles. The van der Waals surface area contributed by atoms with Crippen LogP contribution in [0.4, 0.5) is 14.9 Å². The maximum Gasteiger partial charge on any atom is 0.407 e. The molecule has 116 valence electrons. The number of halogens is 1. The van der Waals surface area contributed by atoms with Gasteiger partial charge in [0.2, 0.25) is 0 Å². The van der Waals surface area contributed by atoms with Crippen LogP contribution in [0.1, 0.15) is 26.7 Å². The average molecular weight is 294 g/mol. The number of amides is 1. The zero-order valence-corrected chi connectivity index (χ0v) is 12.6. The summed E-state index contributed by atoms with van der Waals surface area (Å²) in [7, 11) is 0. The number of rotatable bonds is 4. The molecule has 0 radical (unpaired) electrons. The number of alkyl carbamates (subject to hydrolysis) is 1. The van der Waals surface area contributed by atoms with Gasteiger partial charge in [0.05, 0.1) is 18.3 Å². The molecule has 1 aromatic carbocycles. The molecule has 0 saturated carbocycles. The van der Waals surface area contributed by atoms with E-state index in [1.165, 1.54) is 6.07 Å². The van der Waals surface area contributed by atoms with E-state index in [9.17, 15) is 9.18 Å². The van der Waals surface area contributed by atoms with Crippen molar-refractivity contribution in [2.24, 2.45) is 5.92 Å². The van der Waals surface area contributed by atoms with Crippen LogP contribution in [0, 0.1) is 11.7 Å². The van der Waals surface area contributed by atoms with Crippen LogP contribution >= 0.6 is 0 Å². The van der Waals surface area contributed by atoms with Gasteiger partial charge in [-0.3, -0.25) is 0 Å². The maximum atomic E-state index is 14.0. The van der Waals surface area contributed by atoms with E-state index in [-0.39, 0.29) is 11.9 Å². The lowest BCUT2D eigenvalue weighted by Crippen LogP contribution is -2.51. The number of piperidine rings is 1. The number of nitrogens with one attached hydrogen (secondary N) is 1. The molecule has 2 atom stereocenters. The van der Waals surface area contributed by atoms with Crippen LogP contribution in [0.2, 0.25) is 0 Å². The summed E-state index contributed by atoms with van der Waals surface area (Å²) in [6, 6.07) is 6.77. The Labute approximate surface area is 125 Å². The van der Waals surface area contributed by atoms with Crippen LogP contribution in [0.15, 0.2) is 24.3 Å². The second-order valence-electron chi connectivity index (χ2n) is 5.43. The van der Waals surface area contributed by atoms with E-state index in [4.69, 9.17) is 4.74 Å². The molecule has 1 fully saturated rings. The molecular weight excluding hydrogens is 271 g/mol. The number of nitrogens with zero attached hydrogens (tertiary/aromatic N) is 1. The lowest BCUT2D eigenvalue weighted by molar-refractivity contribution is 0.144. The van der Waals surface area contributed by atoms with E-state index >= 15 is 0 Å². The van der Waals surface area contributed by atoms with Crippen molar-refractivity contribution in [1.29, 1.82) is 0 Å². The Hall–Kier alpha value is -1.78. The highest BCUT2D eigenvalue weighted by Crippen LogP contribution is 2.27. The zero-order chi connectivity index (χ0) is 15.2. The van der Waals surface area contributed by atoms with Crippen molar-refractivity contribution in [3.8, 4) is 0 Å². The predicted molar refractivity (Wildman–Crippen MR) is 81.0 cm³/mol. The molecule has 1 saturated heterocycles. The van der Waals surface area contributed by atoms with Crippen LogP contribution in [0.25, 0.3) is 0 Å². The summed E-state index contributed by atoms with van der Waals surface area (Å²) in [5.41, 5.74) is 0.603. The molecule has 5 heteroatoms. The fourth-order valence-electron chi connectivity index (χ4n) is 2.85. The number of carbonyl (C=O) groups is 1. The first-order chi connectivity index (χ1) is 10.1. The van der Waals surface area contributed by atoms with Crippen molar-refractivity contribution >= 4 is 11.8 Å². The topological polar surface area (TPSA) is 41.6 Å². The van der Waals surface area contributed by atoms with E-state index in [1.807, 2.05) is 11.0 Å². The van der Waals surface area contributed by atoms with Gasteiger partial charge in [-0.2, -0.15) is 0 Å². The molecule has 0 bridgehead atoms. The summed E-state index contributed by atoms with van der Waals surface area (Å²) in [5.74, 6) is 0.217.